The molecule has 0 spiro atoms. The maximum atomic E-state index is 2.39. The van der Waals surface area contributed by atoms with Crippen molar-refractivity contribution in [2.75, 3.05) is 53.4 Å². The molecule has 0 rings (SSSR count). The standard InChI is InChI=1S/C17H40N2.2BrH/c1-7-18(5,8-2)16-14-12-11-13-15-17-19(6,9-3)10-4;;/h7-17H2,1-6H3;2*1H/q+2;;/p-2. The number of unbranched alkanes of at least 4 members (excludes halogenated alkanes) is 4. The van der Waals surface area contributed by atoms with E-state index in [1.807, 2.05) is 0 Å². The SMILES string of the molecule is CC[N+](C)(CC)CCCCCCC[N+](C)(CC)CC.[Br-].[Br-]. The predicted octanol–water partition coefficient (Wildman–Crippen LogP) is -2.08. The van der Waals surface area contributed by atoms with E-state index < -0.39 is 0 Å². The van der Waals surface area contributed by atoms with E-state index in [0.29, 0.717) is 0 Å². The minimum Gasteiger partial charge on any atom is -1.00 e. The molecule has 0 bridgehead atoms. The zero-order valence-corrected chi connectivity index (χ0v) is 18.6. The Labute approximate surface area is 156 Å². The van der Waals surface area contributed by atoms with Crippen LogP contribution >= 0.6 is 0 Å². The topological polar surface area (TPSA) is 0 Å². The minimum atomic E-state index is 0. The molecule has 0 amide bonds. The number of halogens is 2. The van der Waals surface area contributed by atoms with Crippen LogP contribution in [0.5, 0.6) is 0 Å². The summed E-state index contributed by atoms with van der Waals surface area (Å²) in [4.78, 5) is 0. The third-order valence-electron chi connectivity index (χ3n) is 5.45. The lowest BCUT2D eigenvalue weighted by Gasteiger charge is -2.32. The fourth-order valence-corrected chi connectivity index (χ4v) is 2.60. The Morgan fingerprint density at radius 3 is 0.952 bits per heavy atom. The number of hydrogen-bond acceptors (Lipinski definition) is 0. The Hall–Kier alpha value is 0.880. The lowest BCUT2D eigenvalue weighted by atomic mass is 10.1. The molecule has 0 atom stereocenters. The number of quaternary nitrogens is 2. The van der Waals surface area contributed by atoms with E-state index in [1.54, 1.807) is 0 Å². The highest BCUT2D eigenvalue weighted by Crippen LogP contribution is 2.11. The molecule has 0 saturated heterocycles. The van der Waals surface area contributed by atoms with Gasteiger partial charge >= 0.3 is 0 Å². The van der Waals surface area contributed by atoms with Crippen LogP contribution in [0, 0.1) is 0 Å². The van der Waals surface area contributed by atoms with Crippen LogP contribution in [0.2, 0.25) is 0 Å². The van der Waals surface area contributed by atoms with Gasteiger partial charge in [0.15, 0.2) is 0 Å². The highest BCUT2D eigenvalue weighted by molar-refractivity contribution is 4.46. The Bertz CT molecular complexity index is 193. The highest BCUT2D eigenvalue weighted by atomic mass is 79.9. The molecule has 0 aromatic heterocycles. The second kappa shape index (κ2) is 14.5. The Morgan fingerprint density at radius 2 is 0.714 bits per heavy atom. The van der Waals surface area contributed by atoms with Gasteiger partial charge in [-0.25, -0.2) is 0 Å². The van der Waals surface area contributed by atoms with Crippen molar-refractivity contribution in [2.45, 2.75) is 59.8 Å². The van der Waals surface area contributed by atoms with Gasteiger partial charge in [-0.1, -0.05) is 6.42 Å². The van der Waals surface area contributed by atoms with Crippen molar-refractivity contribution in [1.29, 1.82) is 0 Å². The van der Waals surface area contributed by atoms with E-state index in [-0.39, 0.29) is 34.0 Å². The largest absolute Gasteiger partial charge is 1.00 e. The minimum absolute atomic E-state index is 0. The first-order chi connectivity index (χ1) is 8.95. The molecule has 0 unspecified atom stereocenters. The summed E-state index contributed by atoms with van der Waals surface area (Å²) in [6.07, 6.45) is 7.10. The van der Waals surface area contributed by atoms with Crippen molar-refractivity contribution in [3.05, 3.63) is 0 Å². The van der Waals surface area contributed by atoms with Crippen molar-refractivity contribution in [1.82, 2.24) is 0 Å². The van der Waals surface area contributed by atoms with Crippen molar-refractivity contribution in [3.8, 4) is 0 Å². The zero-order valence-electron chi connectivity index (χ0n) is 15.4. The molecule has 0 aliphatic carbocycles. The normalized spacial score (nSPS) is 11.7. The third-order valence-corrected chi connectivity index (χ3v) is 5.45. The molecule has 0 N–H and O–H groups in total. The average Bonchev–Trinajstić information content (AvgIpc) is 2.45. The van der Waals surface area contributed by atoms with E-state index in [4.69, 9.17) is 0 Å². The van der Waals surface area contributed by atoms with Crippen LogP contribution in [0.15, 0.2) is 0 Å². The van der Waals surface area contributed by atoms with Gasteiger partial charge in [0.2, 0.25) is 0 Å². The molecule has 0 aromatic rings. The molecular weight excluding hydrogens is 392 g/mol. The first-order valence-corrected chi connectivity index (χ1v) is 8.62. The van der Waals surface area contributed by atoms with Gasteiger partial charge in [0.05, 0.1) is 53.4 Å². The van der Waals surface area contributed by atoms with Crippen molar-refractivity contribution in [2.24, 2.45) is 0 Å². The summed E-state index contributed by atoms with van der Waals surface area (Å²) < 4.78 is 2.50. The molecule has 0 radical (unpaired) electrons. The second-order valence-corrected chi connectivity index (χ2v) is 6.72. The Kier molecular flexibility index (Phi) is 18.4. The fourth-order valence-electron chi connectivity index (χ4n) is 2.60. The van der Waals surface area contributed by atoms with E-state index >= 15 is 0 Å². The van der Waals surface area contributed by atoms with E-state index in [1.165, 1.54) is 80.3 Å². The van der Waals surface area contributed by atoms with Crippen LogP contribution in [-0.4, -0.2) is 62.3 Å². The molecule has 0 saturated carbocycles. The lowest BCUT2D eigenvalue weighted by molar-refractivity contribution is -0.906. The first kappa shape index (κ1) is 26.8. The maximum absolute atomic E-state index is 2.39. The quantitative estimate of drug-likeness (QED) is 0.245. The molecule has 132 valence electrons. The number of nitrogens with zero attached hydrogens (tertiary/aromatic N) is 2. The van der Waals surface area contributed by atoms with Gasteiger partial charge in [-0.05, 0) is 53.4 Å². The Balaban J connectivity index is -0.00000162. The first-order valence-electron chi connectivity index (χ1n) is 8.62. The summed E-state index contributed by atoms with van der Waals surface area (Å²) in [6.45, 7) is 17.1. The van der Waals surface area contributed by atoms with Crippen LogP contribution in [0.3, 0.4) is 0 Å². The van der Waals surface area contributed by atoms with Gasteiger partial charge in [-0.3, -0.25) is 0 Å². The summed E-state index contributed by atoms with van der Waals surface area (Å²) in [5, 5.41) is 0. The van der Waals surface area contributed by atoms with Crippen molar-refractivity contribution < 1.29 is 42.9 Å². The summed E-state index contributed by atoms with van der Waals surface area (Å²) in [7, 11) is 4.79. The van der Waals surface area contributed by atoms with Crippen LogP contribution in [-0.2, 0) is 0 Å². The van der Waals surface area contributed by atoms with Crippen LogP contribution in [0.1, 0.15) is 59.8 Å². The van der Waals surface area contributed by atoms with Crippen LogP contribution in [0.25, 0.3) is 0 Å². The Morgan fingerprint density at radius 1 is 0.476 bits per heavy atom. The van der Waals surface area contributed by atoms with Gasteiger partial charge in [-0.2, -0.15) is 0 Å². The molecule has 2 nitrogen and oxygen atoms in total. The van der Waals surface area contributed by atoms with E-state index in [0.717, 1.165) is 0 Å². The highest BCUT2D eigenvalue weighted by Gasteiger charge is 2.16. The van der Waals surface area contributed by atoms with Crippen molar-refractivity contribution in [3.63, 3.8) is 0 Å². The molecule has 0 heterocycles. The predicted molar refractivity (Wildman–Crippen MR) is 87.4 cm³/mol. The molecular formula is C17H40Br2N2. The van der Waals surface area contributed by atoms with Gasteiger partial charge < -0.3 is 42.9 Å². The van der Waals surface area contributed by atoms with Gasteiger partial charge in [0.25, 0.3) is 0 Å². The van der Waals surface area contributed by atoms with E-state index in [9.17, 15) is 0 Å². The molecule has 21 heavy (non-hydrogen) atoms. The van der Waals surface area contributed by atoms with Gasteiger partial charge in [-0.15, -0.1) is 0 Å². The third kappa shape index (κ3) is 12.0. The molecule has 4 heteroatoms. The smallest absolute Gasteiger partial charge is 0.0784 e. The maximum Gasteiger partial charge on any atom is 0.0784 e. The summed E-state index contributed by atoms with van der Waals surface area (Å²) in [5.41, 5.74) is 0. The summed E-state index contributed by atoms with van der Waals surface area (Å²) >= 11 is 0. The molecule has 0 aliphatic heterocycles. The zero-order chi connectivity index (χ0) is 14.8. The molecule has 0 fully saturated rings. The second-order valence-electron chi connectivity index (χ2n) is 6.72. The summed E-state index contributed by atoms with van der Waals surface area (Å²) in [6, 6.07) is 0. The summed E-state index contributed by atoms with van der Waals surface area (Å²) in [5.74, 6) is 0. The fraction of sp³-hybridized carbons (Fsp3) is 1.00. The van der Waals surface area contributed by atoms with Crippen molar-refractivity contribution >= 4 is 0 Å². The number of hydrogen-bond donors (Lipinski definition) is 0. The van der Waals surface area contributed by atoms with E-state index in [2.05, 4.69) is 41.8 Å². The number of rotatable bonds is 12. The lowest BCUT2D eigenvalue weighted by Crippen LogP contribution is -3.00. The van der Waals surface area contributed by atoms with Gasteiger partial charge in [0, 0.05) is 0 Å². The monoisotopic (exact) mass is 430 g/mol. The van der Waals surface area contributed by atoms with Gasteiger partial charge in [0.1, 0.15) is 0 Å². The molecule has 0 aromatic carbocycles. The van der Waals surface area contributed by atoms with Crippen LogP contribution < -0.4 is 34.0 Å². The average molecular weight is 432 g/mol. The van der Waals surface area contributed by atoms with Crippen LogP contribution in [0.4, 0.5) is 0 Å². The molecule has 0 aliphatic rings.